The summed E-state index contributed by atoms with van der Waals surface area (Å²) in [5.74, 6) is -0.682. The molecule has 0 aromatic heterocycles. The van der Waals surface area contributed by atoms with Gasteiger partial charge in [0.2, 0.25) is 5.91 Å². The van der Waals surface area contributed by atoms with Gasteiger partial charge >= 0.3 is 5.97 Å². The second-order valence-electron chi connectivity index (χ2n) is 3.10. The number of esters is 1. The molecule has 0 spiro atoms. The second kappa shape index (κ2) is 5.21. The molecule has 1 amide bonds. The molecular formula is C8H15NO4S. The van der Waals surface area contributed by atoms with Gasteiger partial charge in [0.15, 0.2) is 0 Å². The number of amides is 1. The average Bonchev–Trinajstić information content (AvgIpc) is 2.46. The van der Waals surface area contributed by atoms with Crippen molar-refractivity contribution in [2.24, 2.45) is 0 Å². The molecule has 1 saturated heterocycles. The molecule has 0 aliphatic carbocycles. The van der Waals surface area contributed by atoms with Crippen LogP contribution in [0.3, 0.4) is 0 Å². The minimum Gasteiger partial charge on any atom is -0.467 e. The van der Waals surface area contributed by atoms with Gasteiger partial charge in [-0.05, 0) is 0 Å². The smallest absolute Gasteiger partial charge is 0.328 e. The molecule has 2 atom stereocenters. The fraction of sp³-hybridized carbons (Fsp3) is 0.750. The molecule has 82 valence electrons. The first-order chi connectivity index (χ1) is 6.06. The maximum absolute atomic E-state index is 11.1. The molecule has 1 rings (SSSR count). The lowest BCUT2D eigenvalue weighted by molar-refractivity contribution is -0.150. The molecule has 0 bridgehead atoms. The number of carbonyl (C=O) groups is 2. The van der Waals surface area contributed by atoms with E-state index in [0.29, 0.717) is 0 Å². The van der Waals surface area contributed by atoms with Crippen LogP contribution >= 0.6 is 13.5 Å². The van der Waals surface area contributed by atoms with Crippen LogP contribution in [0.25, 0.3) is 0 Å². The van der Waals surface area contributed by atoms with Crippen LogP contribution in [0.15, 0.2) is 0 Å². The van der Waals surface area contributed by atoms with E-state index in [4.69, 9.17) is 0 Å². The Bertz CT molecular complexity index is 233. The molecule has 0 aromatic rings. The van der Waals surface area contributed by atoms with Crippen LogP contribution in [0.1, 0.15) is 13.3 Å². The van der Waals surface area contributed by atoms with E-state index < -0.39 is 18.1 Å². The Hall–Kier alpha value is -0.750. The molecule has 0 radical (unpaired) electrons. The molecule has 5 nitrogen and oxygen atoms in total. The number of aliphatic hydroxyl groups excluding tert-OH is 1. The molecule has 0 saturated carbocycles. The third-order valence-corrected chi connectivity index (χ3v) is 2.16. The summed E-state index contributed by atoms with van der Waals surface area (Å²) in [7, 11) is 1.27. The maximum Gasteiger partial charge on any atom is 0.328 e. The SMILES string of the molecule is COC(=O)[C@@H]1C[C@@H](O)CN1C(C)=O.S. The molecule has 1 heterocycles. The van der Waals surface area contributed by atoms with Gasteiger partial charge in [-0.15, -0.1) is 0 Å². The lowest BCUT2D eigenvalue weighted by Gasteiger charge is -2.20. The zero-order valence-electron chi connectivity index (χ0n) is 8.19. The van der Waals surface area contributed by atoms with Crippen LogP contribution in [0, 0.1) is 0 Å². The van der Waals surface area contributed by atoms with Gasteiger partial charge < -0.3 is 14.7 Å². The van der Waals surface area contributed by atoms with Gasteiger partial charge in [-0.3, -0.25) is 4.79 Å². The number of hydrogen-bond acceptors (Lipinski definition) is 4. The molecule has 0 unspecified atom stereocenters. The van der Waals surface area contributed by atoms with E-state index in [1.165, 1.54) is 18.9 Å². The topological polar surface area (TPSA) is 66.8 Å². The lowest BCUT2D eigenvalue weighted by Crippen LogP contribution is -2.39. The van der Waals surface area contributed by atoms with Crippen molar-refractivity contribution in [2.75, 3.05) is 13.7 Å². The third-order valence-electron chi connectivity index (χ3n) is 2.16. The number of ether oxygens (including phenoxy) is 1. The predicted molar refractivity (Wildman–Crippen MR) is 54.2 cm³/mol. The molecule has 1 N–H and O–H groups in total. The predicted octanol–water partition coefficient (Wildman–Crippen LogP) is -0.746. The van der Waals surface area contributed by atoms with E-state index in [-0.39, 0.29) is 32.4 Å². The van der Waals surface area contributed by atoms with Crippen LogP contribution in [0.2, 0.25) is 0 Å². The zero-order chi connectivity index (χ0) is 10.0. The van der Waals surface area contributed by atoms with Crippen LogP contribution in [-0.4, -0.2) is 47.7 Å². The van der Waals surface area contributed by atoms with Crippen molar-refractivity contribution in [1.82, 2.24) is 4.90 Å². The summed E-state index contributed by atoms with van der Waals surface area (Å²) in [4.78, 5) is 23.5. The van der Waals surface area contributed by atoms with E-state index in [2.05, 4.69) is 4.74 Å². The summed E-state index contributed by atoms with van der Waals surface area (Å²) < 4.78 is 4.52. The second-order valence-corrected chi connectivity index (χ2v) is 3.10. The fourth-order valence-corrected chi connectivity index (χ4v) is 1.52. The first-order valence-corrected chi connectivity index (χ1v) is 4.09. The number of β-amino-alcohol motifs (C(OH)–C–C–N with tert-alkyl or cyclic N) is 1. The Morgan fingerprint density at radius 2 is 2.07 bits per heavy atom. The highest BCUT2D eigenvalue weighted by Crippen LogP contribution is 2.18. The highest BCUT2D eigenvalue weighted by atomic mass is 32.1. The van der Waals surface area contributed by atoms with Gasteiger partial charge in [0.05, 0.1) is 13.2 Å². The van der Waals surface area contributed by atoms with Gasteiger partial charge in [-0.1, -0.05) is 0 Å². The fourth-order valence-electron chi connectivity index (χ4n) is 1.52. The highest BCUT2D eigenvalue weighted by Gasteiger charge is 2.37. The van der Waals surface area contributed by atoms with Crippen LogP contribution in [0.5, 0.6) is 0 Å². The van der Waals surface area contributed by atoms with E-state index in [1.807, 2.05) is 0 Å². The van der Waals surface area contributed by atoms with Crippen LogP contribution in [0.4, 0.5) is 0 Å². The summed E-state index contributed by atoms with van der Waals surface area (Å²) in [6, 6.07) is -0.613. The van der Waals surface area contributed by atoms with E-state index in [1.54, 1.807) is 0 Å². The van der Waals surface area contributed by atoms with E-state index in [0.717, 1.165) is 0 Å². The van der Waals surface area contributed by atoms with E-state index in [9.17, 15) is 14.7 Å². The first-order valence-electron chi connectivity index (χ1n) is 4.09. The highest BCUT2D eigenvalue weighted by molar-refractivity contribution is 7.59. The largest absolute Gasteiger partial charge is 0.467 e. The maximum atomic E-state index is 11.1. The minimum absolute atomic E-state index is 0. The number of nitrogens with zero attached hydrogens (tertiary/aromatic N) is 1. The average molecular weight is 221 g/mol. The van der Waals surface area contributed by atoms with Crippen molar-refractivity contribution in [1.29, 1.82) is 0 Å². The zero-order valence-corrected chi connectivity index (χ0v) is 9.19. The molecular weight excluding hydrogens is 206 g/mol. The number of rotatable bonds is 1. The summed E-state index contributed by atoms with van der Waals surface area (Å²) in [6.07, 6.45) is -0.347. The van der Waals surface area contributed by atoms with Gasteiger partial charge in [-0.2, -0.15) is 13.5 Å². The number of aliphatic hydroxyl groups is 1. The standard InChI is InChI=1S/C8H13NO4.H2S/c1-5(10)9-4-6(11)3-7(9)8(12)13-2;/h6-7,11H,3-4H2,1-2H3;1H2/t6-,7+;/m1./s1. The van der Waals surface area contributed by atoms with Gasteiger partial charge in [0.25, 0.3) is 0 Å². The summed E-state index contributed by atoms with van der Waals surface area (Å²) >= 11 is 0. The minimum atomic E-state index is -0.618. The molecule has 6 heteroatoms. The number of carbonyl (C=O) groups excluding carboxylic acids is 2. The van der Waals surface area contributed by atoms with Crippen LogP contribution in [-0.2, 0) is 14.3 Å². The van der Waals surface area contributed by atoms with Crippen molar-refractivity contribution < 1.29 is 19.4 Å². The van der Waals surface area contributed by atoms with Gasteiger partial charge in [0.1, 0.15) is 6.04 Å². The van der Waals surface area contributed by atoms with Crippen molar-refractivity contribution in [2.45, 2.75) is 25.5 Å². The first kappa shape index (κ1) is 13.2. The number of methoxy groups -OCH3 is 1. The van der Waals surface area contributed by atoms with Gasteiger partial charge in [0, 0.05) is 19.9 Å². The Morgan fingerprint density at radius 3 is 2.50 bits per heavy atom. The van der Waals surface area contributed by atoms with Crippen LogP contribution < -0.4 is 0 Å². The number of hydrogen-bond donors (Lipinski definition) is 1. The lowest BCUT2D eigenvalue weighted by atomic mass is 10.2. The molecule has 0 aromatic carbocycles. The Balaban J connectivity index is 0.00000169. The Morgan fingerprint density at radius 1 is 1.50 bits per heavy atom. The van der Waals surface area contributed by atoms with E-state index >= 15 is 0 Å². The summed E-state index contributed by atoms with van der Waals surface area (Å²) in [5.41, 5.74) is 0. The molecule has 1 aliphatic heterocycles. The quantitative estimate of drug-likeness (QED) is 0.592. The monoisotopic (exact) mass is 221 g/mol. The van der Waals surface area contributed by atoms with Gasteiger partial charge in [-0.25, -0.2) is 4.79 Å². The third kappa shape index (κ3) is 2.62. The molecule has 1 aliphatic rings. The van der Waals surface area contributed by atoms with Crippen molar-refractivity contribution >= 4 is 25.4 Å². The Kier molecular flexibility index (Phi) is 4.93. The molecule has 1 fully saturated rings. The van der Waals surface area contributed by atoms with Crippen molar-refractivity contribution in [3.8, 4) is 0 Å². The normalized spacial score (nSPS) is 25.5. The summed E-state index contributed by atoms with van der Waals surface area (Å²) in [5, 5.41) is 9.26. The van der Waals surface area contributed by atoms with Crippen molar-refractivity contribution in [3.05, 3.63) is 0 Å². The Labute approximate surface area is 89.5 Å². The molecule has 14 heavy (non-hydrogen) atoms. The summed E-state index contributed by atoms with van der Waals surface area (Å²) in [6.45, 7) is 1.59. The number of likely N-dealkylation sites (tertiary alicyclic amines) is 1. The van der Waals surface area contributed by atoms with Crippen molar-refractivity contribution in [3.63, 3.8) is 0 Å².